The summed E-state index contributed by atoms with van der Waals surface area (Å²) in [6.07, 6.45) is 0. The van der Waals surface area contributed by atoms with Crippen LogP contribution in [0.15, 0.2) is 95.9 Å². The summed E-state index contributed by atoms with van der Waals surface area (Å²) in [7, 11) is -3.74. The number of rotatable bonds is 7. The maximum absolute atomic E-state index is 13.0. The summed E-state index contributed by atoms with van der Waals surface area (Å²) in [5.74, 6) is 1.18. The first-order valence-corrected chi connectivity index (χ1v) is 13.8. The predicted molar refractivity (Wildman–Crippen MR) is 141 cm³/mol. The molecule has 0 spiro atoms. The molecule has 0 aromatic heterocycles. The largest absolute Gasteiger partial charge is 0.494 e. The van der Waals surface area contributed by atoms with Crippen molar-refractivity contribution in [1.29, 1.82) is 0 Å². The number of hydrogen-bond acceptors (Lipinski definition) is 5. The number of amides is 1. The van der Waals surface area contributed by atoms with Crippen molar-refractivity contribution in [3.8, 4) is 5.75 Å². The number of sulfonamides is 1. The molecule has 0 saturated carbocycles. The third kappa shape index (κ3) is 4.85. The maximum atomic E-state index is 13.0. The second-order valence-corrected chi connectivity index (χ2v) is 10.8. The van der Waals surface area contributed by atoms with Gasteiger partial charge in [0.05, 0.1) is 17.3 Å². The number of anilines is 2. The van der Waals surface area contributed by atoms with Gasteiger partial charge < -0.3 is 4.74 Å². The quantitative estimate of drug-likeness (QED) is 0.343. The smallest absolute Gasteiger partial charge is 0.261 e. The van der Waals surface area contributed by atoms with E-state index in [0.29, 0.717) is 18.0 Å². The molecule has 4 aromatic carbocycles. The van der Waals surface area contributed by atoms with Crippen LogP contribution in [0.4, 0.5) is 11.4 Å². The molecule has 178 valence electrons. The number of benzene rings is 4. The number of fused-ring (bicyclic) bond motifs is 1. The Labute approximate surface area is 209 Å². The minimum Gasteiger partial charge on any atom is -0.494 e. The van der Waals surface area contributed by atoms with Gasteiger partial charge in [-0.05, 0) is 71.8 Å². The van der Waals surface area contributed by atoms with E-state index in [1.165, 1.54) is 0 Å². The first-order chi connectivity index (χ1) is 16.9. The fraction of sp³-hybridized carbons (Fsp3) is 0.148. The number of hydrogen-bond donors (Lipinski definition) is 1. The van der Waals surface area contributed by atoms with E-state index in [1.54, 1.807) is 47.0 Å². The van der Waals surface area contributed by atoms with E-state index in [-0.39, 0.29) is 16.2 Å². The standard InChI is InChI=1S/C27H24N2O4S2/c1-2-33-24-14-12-23(13-15-24)29-26(30)18-34-27(29)20-7-10-22(11-8-20)28-35(31,32)25-16-9-19-5-3-4-6-21(19)17-25/h3-17,27-28H,2,18H2,1H3. The van der Waals surface area contributed by atoms with Gasteiger partial charge in [0.1, 0.15) is 11.1 Å². The van der Waals surface area contributed by atoms with Gasteiger partial charge in [0.2, 0.25) is 5.91 Å². The summed E-state index contributed by atoms with van der Waals surface area (Å²) in [5.41, 5.74) is 2.18. The predicted octanol–water partition coefficient (Wildman–Crippen LogP) is 5.82. The molecule has 1 amide bonds. The van der Waals surface area contributed by atoms with Gasteiger partial charge in [-0.15, -0.1) is 11.8 Å². The van der Waals surface area contributed by atoms with E-state index in [0.717, 1.165) is 27.8 Å². The van der Waals surface area contributed by atoms with E-state index in [2.05, 4.69) is 4.72 Å². The monoisotopic (exact) mass is 504 g/mol. The van der Waals surface area contributed by atoms with Crippen LogP contribution in [-0.4, -0.2) is 26.7 Å². The van der Waals surface area contributed by atoms with Crippen molar-refractivity contribution in [2.45, 2.75) is 17.2 Å². The molecule has 1 aliphatic heterocycles. The van der Waals surface area contributed by atoms with Gasteiger partial charge >= 0.3 is 0 Å². The first kappa shape index (κ1) is 23.3. The van der Waals surface area contributed by atoms with Gasteiger partial charge in [-0.25, -0.2) is 8.42 Å². The van der Waals surface area contributed by atoms with Crippen molar-refractivity contribution in [3.05, 3.63) is 96.6 Å². The molecule has 1 unspecified atom stereocenters. The highest BCUT2D eigenvalue weighted by Crippen LogP contribution is 2.42. The van der Waals surface area contributed by atoms with Crippen LogP contribution in [0.25, 0.3) is 10.8 Å². The van der Waals surface area contributed by atoms with Crippen LogP contribution in [0.2, 0.25) is 0 Å². The van der Waals surface area contributed by atoms with Gasteiger partial charge in [0.15, 0.2) is 0 Å². The minimum absolute atomic E-state index is 0.0326. The Morgan fingerprint density at radius 2 is 1.66 bits per heavy atom. The SMILES string of the molecule is CCOc1ccc(N2C(=O)CSC2c2ccc(NS(=O)(=O)c3ccc4ccccc4c3)cc2)cc1. The number of carbonyl (C=O) groups is 1. The Morgan fingerprint density at radius 3 is 2.37 bits per heavy atom. The molecule has 1 aliphatic rings. The van der Waals surface area contributed by atoms with Crippen LogP contribution in [0.5, 0.6) is 5.75 Å². The average molecular weight is 505 g/mol. The second kappa shape index (κ2) is 9.64. The Bertz CT molecular complexity index is 1470. The first-order valence-electron chi connectivity index (χ1n) is 11.2. The Kier molecular flexibility index (Phi) is 6.40. The molecular formula is C27H24N2O4S2. The van der Waals surface area contributed by atoms with Gasteiger partial charge in [0.25, 0.3) is 10.0 Å². The molecule has 1 saturated heterocycles. The highest BCUT2D eigenvalue weighted by atomic mass is 32.2. The summed E-state index contributed by atoms with van der Waals surface area (Å²) in [6, 6.07) is 27.4. The Balaban J connectivity index is 1.35. The van der Waals surface area contributed by atoms with Crippen molar-refractivity contribution in [3.63, 3.8) is 0 Å². The van der Waals surface area contributed by atoms with Crippen molar-refractivity contribution < 1.29 is 17.9 Å². The molecule has 0 bridgehead atoms. The normalized spacial score (nSPS) is 16.0. The lowest BCUT2D eigenvalue weighted by Crippen LogP contribution is -2.27. The van der Waals surface area contributed by atoms with Crippen LogP contribution < -0.4 is 14.4 Å². The molecule has 35 heavy (non-hydrogen) atoms. The summed E-state index contributed by atoms with van der Waals surface area (Å²) >= 11 is 1.54. The number of thioether (sulfide) groups is 1. The van der Waals surface area contributed by atoms with Crippen LogP contribution in [0, 0.1) is 0 Å². The van der Waals surface area contributed by atoms with E-state index in [4.69, 9.17) is 4.74 Å². The highest BCUT2D eigenvalue weighted by Gasteiger charge is 2.34. The molecule has 4 aromatic rings. The number of nitrogens with zero attached hydrogens (tertiary/aromatic N) is 1. The molecule has 8 heteroatoms. The van der Waals surface area contributed by atoms with Crippen LogP contribution in [-0.2, 0) is 14.8 Å². The lowest BCUT2D eigenvalue weighted by molar-refractivity contribution is -0.115. The molecule has 1 N–H and O–H groups in total. The zero-order valence-electron chi connectivity index (χ0n) is 19.0. The van der Waals surface area contributed by atoms with E-state index >= 15 is 0 Å². The van der Waals surface area contributed by atoms with Crippen LogP contribution >= 0.6 is 11.8 Å². The summed E-state index contributed by atoms with van der Waals surface area (Å²) in [6.45, 7) is 2.51. The molecule has 6 nitrogen and oxygen atoms in total. The zero-order chi connectivity index (χ0) is 24.4. The van der Waals surface area contributed by atoms with E-state index in [1.807, 2.05) is 67.6 Å². The third-order valence-electron chi connectivity index (χ3n) is 5.77. The molecule has 1 atom stereocenters. The highest BCUT2D eigenvalue weighted by molar-refractivity contribution is 8.00. The summed E-state index contributed by atoms with van der Waals surface area (Å²) < 4.78 is 34.1. The van der Waals surface area contributed by atoms with Crippen LogP contribution in [0.3, 0.4) is 0 Å². The van der Waals surface area contributed by atoms with Crippen molar-refractivity contribution in [2.24, 2.45) is 0 Å². The third-order valence-corrected chi connectivity index (χ3v) is 8.36. The van der Waals surface area contributed by atoms with Crippen molar-refractivity contribution >= 4 is 49.8 Å². The van der Waals surface area contributed by atoms with Gasteiger partial charge in [-0.3, -0.25) is 14.4 Å². The molecular weight excluding hydrogens is 480 g/mol. The average Bonchev–Trinajstić information content (AvgIpc) is 3.26. The van der Waals surface area contributed by atoms with E-state index < -0.39 is 10.0 Å². The number of nitrogens with one attached hydrogen (secondary N) is 1. The summed E-state index contributed by atoms with van der Waals surface area (Å²) in [4.78, 5) is 14.6. The van der Waals surface area contributed by atoms with E-state index in [9.17, 15) is 13.2 Å². The fourth-order valence-corrected chi connectivity index (χ4v) is 6.35. The topological polar surface area (TPSA) is 75.7 Å². The van der Waals surface area contributed by atoms with Crippen molar-refractivity contribution in [1.82, 2.24) is 0 Å². The van der Waals surface area contributed by atoms with Crippen LogP contribution in [0.1, 0.15) is 17.9 Å². The van der Waals surface area contributed by atoms with Gasteiger partial charge in [0, 0.05) is 11.4 Å². The molecule has 0 aliphatic carbocycles. The molecule has 0 radical (unpaired) electrons. The zero-order valence-corrected chi connectivity index (χ0v) is 20.7. The molecule has 5 rings (SSSR count). The summed E-state index contributed by atoms with van der Waals surface area (Å²) in [5, 5.41) is 1.66. The number of ether oxygens (including phenoxy) is 1. The lowest BCUT2D eigenvalue weighted by Gasteiger charge is -2.24. The lowest BCUT2D eigenvalue weighted by atomic mass is 10.1. The molecule has 1 fully saturated rings. The second-order valence-electron chi connectivity index (χ2n) is 8.09. The number of carbonyl (C=O) groups excluding carboxylic acids is 1. The van der Waals surface area contributed by atoms with Gasteiger partial charge in [-0.1, -0.05) is 42.5 Å². The van der Waals surface area contributed by atoms with Crippen molar-refractivity contribution in [2.75, 3.05) is 22.0 Å². The molecule has 1 heterocycles. The minimum atomic E-state index is -3.74. The van der Waals surface area contributed by atoms with Gasteiger partial charge in [-0.2, -0.15) is 0 Å². The Morgan fingerprint density at radius 1 is 0.943 bits per heavy atom. The maximum Gasteiger partial charge on any atom is 0.261 e. The fourth-order valence-electron chi connectivity index (χ4n) is 4.08. The Hall–Kier alpha value is -3.49.